The predicted octanol–water partition coefficient (Wildman–Crippen LogP) is 1.19. The first-order chi connectivity index (χ1) is 9.10. The van der Waals surface area contributed by atoms with E-state index in [1.807, 2.05) is 20.0 Å². The third kappa shape index (κ3) is 4.78. The van der Waals surface area contributed by atoms with Crippen LogP contribution in [-0.2, 0) is 11.3 Å². The van der Waals surface area contributed by atoms with Crippen molar-refractivity contribution >= 4 is 0 Å². The molecule has 0 aliphatic heterocycles. The number of nitrogens with one attached hydrogen (secondary N) is 1. The average Bonchev–Trinajstić information content (AvgIpc) is 2.38. The number of aromatic nitrogens is 1. The van der Waals surface area contributed by atoms with Gasteiger partial charge in [-0.3, -0.25) is 4.98 Å². The van der Waals surface area contributed by atoms with E-state index in [4.69, 9.17) is 9.47 Å². The summed E-state index contributed by atoms with van der Waals surface area (Å²) in [6, 6.07) is 0. The molecule has 5 heteroatoms. The highest BCUT2D eigenvalue weighted by Gasteiger charge is 2.09. The summed E-state index contributed by atoms with van der Waals surface area (Å²) < 4.78 is 10.2. The van der Waals surface area contributed by atoms with Crippen LogP contribution in [0.2, 0.25) is 0 Å². The van der Waals surface area contributed by atoms with Gasteiger partial charge in [-0.1, -0.05) is 0 Å². The molecule has 1 rings (SSSR count). The Kier molecular flexibility index (Phi) is 6.77. The summed E-state index contributed by atoms with van der Waals surface area (Å²) in [4.78, 5) is 4.41. The fraction of sp³-hybridized carbons (Fsp3) is 0.643. The highest BCUT2D eigenvalue weighted by atomic mass is 16.5. The Morgan fingerprint density at radius 1 is 1.37 bits per heavy atom. The number of ether oxygens (including phenoxy) is 2. The van der Waals surface area contributed by atoms with Gasteiger partial charge in [-0.15, -0.1) is 0 Å². The molecule has 2 N–H and O–H groups in total. The van der Waals surface area contributed by atoms with E-state index in [9.17, 15) is 5.11 Å². The molecule has 108 valence electrons. The molecule has 0 bridgehead atoms. The monoisotopic (exact) mass is 268 g/mol. The minimum Gasteiger partial charge on any atom is -0.496 e. The molecule has 0 fully saturated rings. The van der Waals surface area contributed by atoms with Crippen LogP contribution in [0.5, 0.6) is 5.75 Å². The van der Waals surface area contributed by atoms with Crippen LogP contribution in [0.25, 0.3) is 0 Å². The third-order valence-electron chi connectivity index (χ3n) is 3.06. The first-order valence-electron chi connectivity index (χ1n) is 6.47. The smallest absolute Gasteiger partial charge is 0.128 e. The molecule has 0 amide bonds. The largest absolute Gasteiger partial charge is 0.496 e. The predicted molar refractivity (Wildman–Crippen MR) is 74.5 cm³/mol. The molecule has 0 radical (unpaired) electrons. The molecule has 0 spiro atoms. The van der Waals surface area contributed by atoms with Crippen LogP contribution in [0.4, 0.5) is 0 Å². The maximum atomic E-state index is 9.52. The lowest BCUT2D eigenvalue weighted by atomic mass is 10.1. The molecule has 0 aromatic carbocycles. The van der Waals surface area contributed by atoms with E-state index in [2.05, 4.69) is 10.3 Å². The number of aliphatic hydroxyl groups excluding tert-OH is 1. The van der Waals surface area contributed by atoms with Crippen molar-refractivity contribution < 1.29 is 14.6 Å². The fourth-order valence-corrected chi connectivity index (χ4v) is 2.00. The molecule has 5 nitrogen and oxygen atoms in total. The lowest BCUT2D eigenvalue weighted by molar-refractivity contribution is 0.0594. The second-order valence-corrected chi connectivity index (χ2v) is 4.62. The fourth-order valence-electron chi connectivity index (χ4n) is 2.00. The number of hydrogen-bond acceptors (Lipinski definition) is 5. The molecule has 0 aliphatic carbocycles. The lowest BCUT2D eigenvalue weighted by Crippen LogP contribution is -2.23. The Morgan fingerprint density at radius 2 is 2.11 bits per heavy atom. The molecule has 0 saturated carbocycles. The van der Waals surface area contributed by atoms with E-state index in [1.165, 1.54) is 0 Å². The molecule has 1 aromatic rings. The van der Waals surface area contributed by atoms with Crippen LogP contribution in [0.3, 0.4) is 0 Å². The third-order valence-corrected chi connectivity index (χ3v) is 3.06. The number of nitrogens with zero attached hydrogens (tertiary/aromatic N) is 1. The molecule has 0 aliphatic rings. The molecule has 19 heavy (non-hydrogen) atoms. The zero-order valence-corrected chi connectivity index (χ0v) is 12.2. The van der Waals surface area contributed by atoms with E-state index < -0.39 is 6.10 Å². The van der Waals surface area contributed by atoms with Gasteiger partial charge in [0.25, 0.3) is 0 Å². The van der Waals surface area contributed by atoms with Gasteiger partial charge in [0.2, 0.25) is 0 Å². The highest BCUT2D eigenvalue weighted by Crippen LogP contribution is 2.23. The van der Waals surface area contributed by atoms with E-state index in [-0.39, 0.29) is 0 Å². The molecule has 1 aromatic heterocycles. The summed E-state index contributed by atoms with van der Waals surface area (Å²) in [7, 11) is 3.26. The highest BCUT2D eigenvalue weighted by molar-refractivity contribution is 5.40. The standard InChI is InChI=1S/C14H24N2O3/c1-10-7-16-13(11(2)14(10)19-4)8-15-6-5-12(17)9-18-3/h7,12,15,17H,5-6,8-9H2,1-4H3. The molecule has 1 unspecified atom stereocenters. The second kappa shape index (κ2) is 8.09. The second-order valence-electron chi connectivity index (χ2n) is 4.62. The van der Waals surface area contributed by atoms with Crippen LogP contribution in [0.15, 0.2) is 6.20 Å². The van der Waals surface area contributed by atoms with Crippen molar-refractivity contribution in [1.29, 1.82) is 0 Å². The van der Waals surface area contributed by atoms with Crippen LogP contribution in [0, 0.1) is 13.8 Å². The quantitative estimate of drug-likeness (QED) is 0.694. The number of pyridine rings is 1. The van der Waals surface area contributed by atoms with Gasteiger partial charge < -0.3 is 19.9 Å². The van der Waals surface area contributed by atoms with Crippen molar-refractivity contribution in [2.75, 3.05) is 27.4 Å². The van der Waals surface area contributed by atoms with Crippen molar-refractivity contribution in [2.45, 2.75) is 32.9 Å². The minimum atomic E-state index is -0.417. The molecule has 0 saturated heterocycles. The number of aryl methyl sites for hydroxylation is 1. The Morgan fingerprint density at radius 3 is 2.74 bits per heavy atom. The van der Waals surface area contributed by atoms with Crippen LogP contribution < -0.4 is 10.1 Å². The molecule has 1 atom stereocenters. The van der Waals surface area contributed by atoms with Gasteiger partial charge in [0.05, 0.1) is 25.5 Å². The van der Waals surface area contributed by atoms with Crippen LogP contribution in [0.1, 0.15) is 23.2 Å². The number of rotatable bonds is 8. The average molecular weight is 268 g/mol. The first-order valence-corrected chi connectivity index (χ1v) is 6.47. The van der Waals surface area contributed by atoms with Crippen molar-refractivity contribution in [3.05, 3.63) is 23.0 Å². The SMILES string of the molecule is COCC(O)CCNCc1ncc(C)c(OC)c1C. The van der Waals surface area contributed by atoms with Gasteiger partial charge >= 0.3 is 0 Å². The van der Waals surface area contributed by atoms with E-state index in [0.29, 0.717) is 19.6 Å². The van der Waals surface area contributed by atoms with Crippen LogP contribution >= 0.6 is 0 Å². The number of hydrogen-bond donors (Lipinski definition) is 2. The van der Waals surface area contributed by atoms with Crippen molar-refractivity contribution in [1.82, 2.24) is 10.3 Å². The summed E-state index contributed by atoms with van der Waals surface area (Å²) in [5.74, 6) is 0.895. The van der Waals surface area contributed by atoms with E-state index >= 15 is 0 Å². The van der Waals surface area contributed by atoms with Gasteiger partial charge in [-0.25, -0.2) is 0 Å². The molecule has 1 heterocycles. The molecular formula is C14H24N2O3. The van der Waals surface area contributed by atoms with E-state index in [0.717, 1.165) is 29.1 Å². The summed E-state index contributed by atoms with van der Waals surface area (Å²) in [5.41, 5.74) is 3.08. The Bertz CT molecular complexity index is 397. The lowest BCUT2D eigenvalue weighted by Gasteiger charge is -2.13. The minimum absolute atomic E-state index is 0.372. The van der Waals surface area contributed by atoms with Crippen molar-refractivity contribution in [3.8, 4) is 5.75 Å². The maximum absolute atomic E-state index is 9.52. The number of aliphatic hydroxyl groups is 1. The van der Waals surface area contributed by atoms with Gasteiger partial charge in [0.1, 0.15) is 5.75 Å². The van der Waals surface area contributed by atoms with Gasteiger partial charge in [0.15, 0.2) is 0 Å². The van der Waals surface area contributed by atoms with E-state index in [1.54, 1.807) is 14.2 Å². The summed E-state index contributed by atoms with van der Waals surface area (Å²) in [5, 5.41) is 12.8. The zero-order valence-electron chi connectivity index (χ0n) is 12.2. The first kappa shape index (κ1) is 15.9. The Labute approximate surface area is 115 Å². The summed E-state index contributed by atoms with van der Waals surface area (Å²) >= 11 is 0. The number of methoxy groups -OCH3 is 2. The van der Waals surface area contributed by atoms with Crippen LogP contribution in [-0.4, -0.2) is 43.6 Å². The zero-order chi connectivity index (χ0) is 14.3. The van der Waals surface area contributed by atoms with Gasteiger partial charge in [0, 0.05) is 31.0 Å². The molecular weight excluding hydrogens is 244 g/mol. The maximum Gasteiger partial charge on any atom is 0.128 e. The van der Waals surface area contributed by atoms with Crippen molar-refractivity contribution in [3.63, 3.8) is 0 Å². The summed E-state index contributed by atoms with van der Waals surface area (Å²) in [6.45, 7) is 5.76. The Hall–Kier alpha value is -1.17. The van der Waals surface area contributed by atoms with Crippen molar-refractivity contribution in [2.24, 2.45) is 0 Å². The summed E-state index contributed by atoms with van der Waals surface area (Å²) in [6.07, 6.45) is 2.07. The van der Waals surface area contributed by atoms with Gasteiger partial charge in [-0.05, 0) is 26.8 Å². The van der Waals surface area contributed by atoms with Gasteiger partial charge in [-0.2, -0.15) is 0 Å². The normalized spacial score (nSPS) is 12.5. The topological polar surface area (TPSA) is 63.6 Å². The Balaban J connectivity index is 2.46.